The monoisotopic (exact) mass is 589 g/mol. The molecule has 4 heterocycles. The van der Waals surface area contributed by atoms with Crippen LogP contribution in [0.1, 0.15) is 35.5 Å². The summed E-state index contributed by atoms with van der Waals surface area (Å²) >= 11 is 0. The fourth-order valence-electron chi connectivity index (χ4n) is 5.06. The Morgan fingerprint density at radius 1 is 1.05 bits per heavy atom. The number of hydrogen-bond acceptors (Lipinski definition) is 9. The molecule has 11 heteroatoms. The van der Waals surface area contributed by atoms with Crippen molar-refractivity contribution in [3.05, 3.63) is 77.6 Å². The molecule has 0 bridgehead atoms. The number of ether oxygens (including phenoxy) is 2. The number of sulfone groups is 1. The molecule has 0 aliphatic carbocycles. The minimum atomic E-state index is -3.58. The van der Waals surface area contributed by atoms with E-state index in [4.69, 9.17) is 19.4 Å². The zero-order chi connectivity index (χ0) is 29.9. The molecule has 0 spiro atoms. The van der Waals surface area contributed by atoms with E-state index in [0.717, 1.165) is 41.2 Å². The number of carbonyl (C=O) groups is 1. The van der Waals surface area contributed by atoms with E-state index in [1.807, 2.05) is 36.4 Å². The molecule has 1 N–H and O–H groups in total. The number of pyridine rings is 3. The number of hydrogen-bond donors (Lipinski definition) is 1. The number of carbonyl (C=O) groups excluding carboxylic acids is 1. The quantitative estimate of drug-likeness (QED) is 0.309. The van der Waals surface area contributed by atoms with Gasteiger partial charge in [0.15, 0.2) is 9.84 Å². The summed E-state index contributed by atoms with van der Waals surface area (Å²) < 4.78 is 36.2. The first-order chi connectivity index (χ1) is 20.1. The Hall–Kier alpha value is -3.93. The van der Waals surface area contributed by atoms with Crippen LogP contribution in [0.15, 0.2) is 65.7 Å². The lowest BCUT2D eigenvalue weighted by atomic mass is 10.1. The van der Waals surface area contributed by atoms with Gasteiger partial charge in [-0.15, -0.1) is 0 Å². The van der Waals surface area contributed by atoms with Gasteiger partial charge in [0.2, 0.25) is 0 Å². The average Bonchev–Trinajstić information content (AvgIpc) is 2.98. The number of methoxy groups -OCH3 is 1. The molecule has 0 saturated carbocycles. The first kappa shape index (κ1) is 29.6. The maximum atomic E-state index is 12.9. The second kappa shape index (κ2) is 12.5. The number of rotatable bonds is 9. The number of anilines is 1. The highest BCUT2D eigenvalue weighted by Gasteiger charge is 2.23. The number of nitrogens with zero attached hydrogens (tertiary/aromatic N) is 4. The maximum Gasteiger partial charge on any atom is 0.251 e. The zero-order valence-corrected chi connectivity index (χ0v) is 25.0. The third-order valence-corrected chi connectivity index (χ3v) is 8.96. The van der Waals surface area contributed by atoms with Gasteiger partial charge in [-0.2, -0.15) is 0 Å². The molecule has 1 aliphatic rings. The number of aryl methyl sites for hydroxylation is 1. The molecule has 1 fully saturated rings. The van der Waals surface area contributed by atoms with E-state index < -0.39 is 15.7 Å². The summed E-state index contributed by atoms with van der Waals surface area (Å²) in [5.74, 6) is 0.339. The largest absolute Gasteiger partial charge is 0.384 e. The number of morpholine rings is 1. The van der Waals surface area contributed by atoms with Crippen molar-refractivity contribution in [1.29, 1.82) is 0 Å². The van der Waals surface area contributed by atoms with Gasteiger partial charge >= 0.3 is 0 Å². The van der Waals surface area contributed by atoms with Gasteiger partial charge in [-0.05, 0) is 68.8 Å². The Balaban J connectivity index is 1.32. The van der Waals surface area contributed by atoms with Crippen molar-refractivity contribution in [3.8, 4) is 11.4 Å². The molecule has 10 nitrogen and oxygen atoms in total. The minimum absolute atomic E-state index is 0.0789. The van der Waals surface area contributed by atoms with Crippen LogP contribution in [0.5, 0.6) is 0 Å². The molecule has 0 unspecified atom stereocenters. The molecule has 0 radical (unpaired) electrons. The number of aromatic nitrogens is 3. The Bertz CT molecular complexity index is 1700. The van der Waals surface area contributed by atoms with E-state index in [9.17, 15) is 13.2 Å². The highest BCUT2D eigenvalue weighted by molar-refractivity contribution is 7.91. The van der Waals surface area contributed by atoms with Crippen LogP contribution in [0, 0.1) is 6.92 Å². The average molecular weight is 590 g/mol. The SMILES string of the molecule is COCCS(=O)(=O)c1cc(C(=O)NCc2cc3nc(-c4cccc(N5C[C@@H](C)O[C@@H](C)C5)n4)ccc3cn2)ccc1C. The number of amides is 1. The van der Waals surface area contributed by atoms with Crippen LogP contribution in [-0.4, -0.2) is 74.0 Å². The third-order valence-electron chi connectivity index (χ3n) is 7.14. The summed E-state index contributed by atoms with van der Waals surface area (Å²) in [4.78, 5) is 29.5. The van der Waals surface area contributed by atoms with Crippen LogP contribution in [0.25, 0.3) is 22.3 Å². The van der Waals surface area contributed by atoms with Gasteiger partial charge in [-0.3, -0.25) is 9.78 Å². The lowest BCUT2D eigenvalue weighted by Crippen LogP contribution is -2.45. The van der Waals surface area contributed by atoms with Gasteiger partial charge in [0, 0.05) is 37.3 Å². The van der Waals surface area contributed by atoms with E-state index in [-0.39, 0.29) is 41.6 Å². The van der Waals surface area contributed by atoms with E-state index in [0.29, 0.717) is 11.3 Å². The van der Waals surface area contributed by atoms with Crippen LogP contribution >= 0.6 is 0 Å². The number of benzene rings is 1. The Morgan fingerprint density at radius 2 is 1.81 bits per heavy atom. The van der Waals surface area contributed by atoms with Crippen LogP contribution in [0.4, 0.5) is 5.82 Å². The second-order valence-corrected chi connectivity index (χ2v) is 12.7. The summed E-state index contributed by atoms with van der Waals surface area (Å²) in [5, 5.41) is 3.71. The fourth-order valence-corrected chi connectivity index (χ4v) is 6.53. The van der Waals surface area contributed by atoms with Crippen LogP contribution < -0.4 is 10.2 Å². The van der Waals surface area contributed by atoms with E-state index in [1.165, 1.54) is 13.2 Å². The van der Waals surface area contributed by atoms with E-state index in [1.54, 1.807) is 25.3 Å². The first-order valence-electron chi connectivity index (χ1n) is 13.9. The molecule has 2 atom stereocenters. The van der Waals surface area contributed by atoms with Gasteiger partial charge in [0.1, 0.15) is 5.82 Å². The number of fused-ring (bicyclic) bond motifs is 1. The summed E-state index contributed by atoms with van der Waals surface area (Å²) in [7, 11) is -2.13. The summed E-state index contributed by atoms with van der Waals surface area (Å²) in [6.07, 6.45) is 1.98. The Kier molecular flexibility index (Phi) is 8.81. The molecule has 5 rings (SSSR count). The van der Waals surface area contributed by atoms with Gasteiger partial charge in [-0.25, -0.2) is 18.4 Å². The fraction of sp³-hybridized carbons (Fsp3) is 0.355. The predicted octanol–water partition coefficient (Wildman–Crippen LogP) is 3.96. The third kappa shape index (κ3) is 6.75. The molecule has 42 heavy (non-hydrogen) atoms. The van der Waals surface area contributed by atoms with Crippen molar-refractivity contribution in [2.24, 2.45) is 0 Å². The Labute approximate surface area is 246 Å². The van der Waals surface area contributed by atoms with Gasteiger partial charge in [-0.1, -0.05) is 12.1 Å². The van der Waals surface area contributed by atoms with Crippen molar-refractivity contribution in [2.75, 3.05) is 37.5 Å². The lowest BCUT2D eigenvalue weighted by molar-refractivity contribution is -0.00545. The van der Waals surface area contributed by atoms with Crippen LogP contribution in [0.2, 0.25) is 0 Å². The van der Waals surface area contributed by atoms with Crippen LogP contribution in [-0.2, 0) is 25.9 Å². The maximum absolute atomic E-state index is 12.9. The zero-order valence-electron chi connectivity index (χ0n) is 24.2. The van der Waals surface area contributed by atoms with E-state index in [2.05, 4.69) is 29.0 Å². The van der Waals surface area contributed by atoms with Crippen molar-refractivity contribution in [1.82, 2.24) is 20.3 Å². The standard InChI is InChI=1S/C31H35N5O5S/c1-20-8-9-23(14-29(20)42(38,39)13-12-40-4)31(37)33-17-25-15-28-24(16-32-25)10-11-27(34-28)26-6-5-7-30(35-26)36-18-21(2)41-22(3)19-36/h5-11,14-16,21-22H,12-13,17-19H2,1-4H3,(H,33,37)/t21-,22+. The van der Waals surface area contributed by atoms with Gasteiger partial charge in [0.05, 0.1) is 58.6 Å². The second-order valence-electron chi connectivity index (χ2n) is 10.6. The van der Waals surface area contributed by atoms with Crippen molar-refractivity contribution >= 4 is 32.5 Å². The van der Waals surface area contributed by atoms with E-state index >= 15 is 0 Å². The summed E-state index contributed by atoms with van der Waals surface area (Å²) in [6, 6.07) is 16.3. The topological polar surface area (TPSA) is 124 Å². The minimum Gasteiger partial charge on any atom is -0.384 e. The molecule has 3 aromatic heterocycles. The molecule has 220 valence electrons. The van der Waals surface area contributed by atoms with Gasteiger partial charge < -0.3 is 19.7 Å². The normalized spacial score (nSPS) is 17.4. The summed E-state index contributed by atoms with van der Waals surface area (Å²) in [5.41, 5.74) is 3.70. The molecular formula is C31H35N5O5S. The molecule has 1 amide bonds. The first-order valence-corrected chi connectivity index (χ1v) is 15.5. The predicted molar refractivity (Wildman–Crippen MR) is 161 cm³/mol. The van der Waals surface area contributed by atoms with Gasteiger partial charge in [0.25, 0.3) is 5.91 Å². The lowest BCUT2D eigenvalue weighted by Gasteiger charge is -2.36. The molecule has 1 aromatic carbocycles. The van der Waals surface area contributed by atoms with Crippen molar-refractivity contribution in [2.45, 2.75) is 44.4 Å². The molecule has 1 saturated heterocycles. The number of nitrogens with one attached hydrogen (secondary N) is 1. The smallest absolute Gasteiger partial charge is 0.251 e. The van der Waals surface area contributed by atoms with Crippen LogP contribution in [0.3, 0.4) is 0 Å². The molecular weight excluding hydrogens is 554 g/mol. The highest BCUT2D eigenvalue weighted by atomic mass is 32.2. The Morgan fingerprint density at radius 3 is 2.57 bits per heavy atom. The van der Waals surface area contributed by atoms with Crippen molar-refractivity contribution < 1.29 is 22.7 Å². The summed E-state index contributed by atoms with van der Waals surface area (Å²) in [6.45, 7) is 7.63. The molecule has 1 aliphatic heterocycles. The molecule has 4 aromatic rings. The highest BCUT2D eigenvalue weighted by Crippen LogP contribution is 2.24. The van der Waals surface area contributed by atoms with Crippen molar-refractivity contribution in [3.63, 3.8) is 0 Å².